The minimum atomic E-state index is -0.310. The summed E-state index contributed by atoms with van der Waals surface area (Å²) in [4.78, 5) is 12.6. The molecule has 0 saturated heterocycles. The fraction of sp³-hybridized carbons (Fsp3) is 0. The van der Waals surface area contributed by atoms with Crippen molar-refractivity contribution in [3.8, 4) is 11.5 Å². The summed E-state index contributed by atoms with van der Waals surface area (Å²) >= 11 is 0. The third-order valence-corrected chi connectivity index (χ3v) is 3.84. The fourth-order valence-corrected chi connectivity index (χ4v) is 2.54. The number of phenols is 2. The Morgan fingerprint density at radius 3 is 1.79 bits per heavy atom. The molecule has 2 N–H and O–H groups in total. The molecule has 0 spiro atoms. The topological polar surface area (TPSA) is 57.5 Å². The van der Waals surface area contributed by atoms with Crippen molar-refractivity contribution in [3.05, 3.63) is 102 Å². The van der Waals surface area contributed by atoms with Gasteiger partial charge in [0.15, 0.2) is 5.78 Å². The van der Waals surface area contributed by atoms with Crippen molar-refractivity contribution < 1.29 is 15.0 Å². The molecule has 0 aromatic heterocycles. The molecule has 24 heavy (non-hydrogen) atoms. The van der Waals surface area contributed by atoms with Gasteiger partial charge in [-0.2, -0.15) is 0 Å². The van der Waals surface area contributed by atoms with Gasteiger partial charge in [0.25, 0.3) is 0 Å². The molecular formula is C21H16O3. The van der Waals surface area contributed by atoms with Gasteiger partial charge in [0, 0.05) is 17.2 Å². The van der Waals surface area contributed by atoms with E-state index in [0.717, 1.165) is 5.56 Å². The predicted octanol–water partition coefficient (Wildman–Crippen LogP) is 4.39. The molecule has 3 rings (SSSR count). The number of hydrogen-bond acceptors (Lipinski definition) is 3. The Bertz CT molecular complexity index is 824. The van der Waals surface area contributed by atoms with E-state index in [0.29, 0.717) is 16.7 Å². The van der Waals surface area contributed by atoms with E-state index < -0.39 is 0 Å². The molecule has 0 aliphatic rings. The Morgan fingerprint density at radius 1 is 0.708 bits per heavy atom. The van der Waals surface area contributed by atoms with Gasteiger partial charge in [0.05, 0.1) is 5.56 Å². The zero-order valence-corrected chi connectivity index (χ0v) is 12.9. The maximum atomic E-state index is 12.6. The molecule has 0 radical (unpaired) electrons. The molecule has 0 amide bonds. The highest BCUT2D eigenvalue weighted by Crippen LogP contribution is 2.35. The van der Waals surface area contributed by atoms with Crippen molar-refractivity contribution in [3.63, 3.8) is 0 Å². The molecule has 0 bridgehead atoms. The monoisotopic (exact) mass is 316 g/mol. The van der Waals surface area contributed by atoms with Gasteiger partial charge < -0.3 is 10.2 Å². The third-order valence-electron chi connectivity index (χ3n) is 3.84. The van der Waals surface area contributed by atoms with E-state index in [1.807, 2.05) is 36.4 Å². The molecule has 3 heteroatoms. The van der Waals surface area contributed by atoms with Crippen LogP contribution in [0.1, 0.15) is 27.0 Å². The lowest BCUT2D eigenvalue weighted by Gasteiger charge is -2.12. The van der Waals surface area contributed by atoms with Gasteiger partial charge in [-0.15, -0.1) is 0 Å². The Labute approximate surface area is 140 Å². The molecule has 0 fully saturated rings. The van der Waals surface area contributed by atoms with E-state index in [1.165, 1.54) is 12.1 Å². The summed E-state index contributed by atoms with van der Waals surface area (Å²) in [5, 5.41) is 20.3. The van der Waals surface area contributed by atoms with Crippen LogP contribution in [-0.2, 0) is 0 Å². The van der Waals surface area contributed by atoms with Crippen molar-refractivity contribution in [1.29, 1.82) is 0 Å². The number of carbonyl (C=O) groups excluding carboxylic acids is 1. The Morgan fingerprint density at radius 2 is 1.21 bits per heavy atom. The average molecular weight is 316 g/mol. The van der Waals surface area contributed by atoms with Crippen molar-refractivity contribution in [2.45, 2.75) is 0 Å². The van der Waals surface area contributed by atoms with Crippen molar-refractivity contribution in [2.24, 2.45) is 0 Å². The standard InChI is InChI=1S/C21H16O3/c1-14(15-8-4-2-5-9-15)17-12-18(20(23)13-19(17)22)21(24)16-10-6-3-7-11-16/h2-13,22-23H,1H2. The van der Waals surface area contributed by atoms with Crippen molar-refractivity contribution in [2.75, 3.05) is 0 Å². The van der Waals surface area contributed by atoms with Crippen LogP contribution >= 0.6 is 0 Å². The number of aromatic hydroxyl groups is 2. The molecule has 0 heterocycles. The summed E-state index contributed by atoms with van der Waals surface area (Å²) in [5.74, 6) is -0.688. The maximum absolute atomic E-state index is 12.6. The minimum Gasteiger partial charge on any atom is -0.507 e. The van der Waals surface area contributed by atoms with Crippen LogP contribution in [0.25, 0.3) is 5.57 Å². The van der Waals surface area contributed by atoms with Gasteiger partial charge in [-0.1, -0.05) is 67.2 Å². The molecule has 0 unspecified atom stereocenters. The molecule has 0 atom stereocenters. The summed E-state index contributed by atoms with van der Waals surface area (Å²) < 4.78 is 0. The number of hydrogen-bond donors (Lipinski definition) is 2. The molecular weight excluding hydrogens is 300 g/mol. The number of benzene rings is 3. The molecule has 3 nitrogen and oxygen atoms in total. The van der Waals surface area contributed by atoms with E-state index in [-0.39, 0.29) is 22.8 Å². The largest absolute Gasteiger partial charge is 0.507 e. The van der Waals surface area contributed by atoms with Crippen LogP contribution in [0.2, 0.25) is 0 Å². The quantitative estimate of drug-likeness (QED) is 0.702. The summed E-state index contributed by atoms with van der Waals surface area (Å²) in [6.07, 6.45) is 0. The number of rotatable bonds is 4. The highest BCUT2D eigenvalue weighted by atomic mass is 16.3. The highest BCUT2D eigenvalue weighted by molar-refractivity contribution is 6.11. The van der Waals surface area contributed by atoms with Gasteiger partial charge in [-0.25, -0.2) is 0 Å². The van der Waals surface area contributed by atoms with Crippen molar-refractivity contribution >= 4 is 11.4 Å². The first-order valence-corrected chi connectivity index (χ1v) is 7.48. The summed E-state index contributed by atoms with van der Waals surface area (Å²) in [5.41, 5.74) is 2.42. The lowest BCUT2D eigenvalue weighted by molar-refractivity contribution is 0.103. The van der Waals surface area contributed by atoms with Crippen LogP contribution in [-0.4, -0.2) is 16.0 Å². The smallest absolute Gasteiger partial charge is 0.196 e. The van der Waals surface area contributed by atoms with Crippen LogP contribution in [0.3, 0.4) is 0 Å². The van der Waals surface area contributed by atoms with Crippen LogP contribution in [0.15, 0.2) is 79.4 Å². The third kappa shape index (κ3) is 2.92. The van der Waals surface area contributed by atoms with Gasteiger partial charge >= 0.3 is 0 Å². The summed E-state index contributed by atoms with van der Waals surface area (Å²) in [6, 6.07) is 20.7. The first-order chi connectivity index (χ1) is 11.6. The molecule has 118 valence electrons. The second-order valence-electron chi connectivity index (χ2n) is 5.43. The summed E-state index contributed by atoms with van der Waals surface area (Å²) in [7, 11) is 0. The molecule has 0 saturated carbocycles. The average Bonchev–Trinajstić information content (AvgIpc) is 2.62. The molecule has 0 aliphatic heterocycles. The summed E-state index contributed by atoms with van der Waals surface area (Å²) in [6.45, 7) is 4.01. The normalized spacial score (nSPS) is 10.3. The lowest BCUT2D eigenvalue weighted by Crippen LogP contribution is -2.02. The van der Waals surface area contributed by atoms with Crippen LogP contribution in [0.5, 0.6) is 11.5 Å². The van der Waals surface area contributed by atoms with Gasteiger partial charge in [0.2, 0.25) is 0 Å². The first-order valence-electron chi connectivity index (χ1n) is 7.48. The zero-order valence-electron chi connectivity index (χ0n) is 12.9. The fourth-order valence-electron chi connectivity index (χ4n) is 2.54. The molecule has 3 aromatic rings. The van der Waals surface area contributed by atoms with Crippen LogP contribution in [0, 0.1) is 0 Å². The van der Waals surface area contributed by atoms with E-state index in [2.05, 4.69) is 6.58 Å². The number of phenolic OH excluding ortho intramolecular Hbond substituents is 2. The Hall–Kier alpha value is -3.33. The van der Waals surface area contributed by atoms with E-state index in [4.69, 9.17) is 0 Å². The van der Waals surface area contributed by atoms with Crippen molar-refractivity contribution in [1.82, 2.24) is 0 Å². The first kappa shape index (κ1) is 15.6. The van der Waals surface area contributed by atoms with Gasteiger partial charge in [-0.05, 0) is 17.2 Å². The zero-order chi connectivity index (χ0) is 17.1. The van der Waals surface area contributed by atoms with E-state index in [9.17, 15) is 15.0 Å². The number of ketones is 1. The maximum Gasteiger partial charge on any atom is 0.196 e. The van der Waals surface area contributed by atoms with Gasteiger partial charge in [0.1, 0.15) is 11.5 Å². The van der Waals surface area contributed by atoms with E-state index >= 15 is 0 Å². The van der Waals surface area contributed by atoms with Crippen LogP contribution < -0.4 is 0 Å². The molecule has 3 aromatic carbocycles. The Balaban J connectivity index is 2.07. The van der Waals surface area contributed by atoms with E-state index in [1.54, 1.807) is 24.3 Å². The highest BCUT2D eigenvalue weighted by Gasteiger charge is 2.18. The number of carbonyl (C=O) groups is 1. The predicted molar refractivity (Wildman–Crippen MR) is 94.2 cm³/mol. The second-order valence-corrected chi connectivity index (χ2v) is 5.43. The minimum absolute atomic E-state index is 0.119. The van der Waals surface area contributed by atoms with Gasteiger partial charge in [-0.3, -0.25) is 4.79 Å². The lowest BCUT2D eigenvalue weighted by atomic mass is 9.94. The van der Waals surface area contributed by atoms with Crippen LogP contribution in [0.4, 0.5) is 0 Å². The second kappa shape index (κ2) is 6.42. The molecule has 0 aliphatic carbocycles. The Kier molecular flexibility index (Phi) is 4.17. The SMILES string of the molecule is C=C(c1ccccc1)c1cc(C(=O)c2ccccc2)c(O)cc1O.